The summed E-state index contributed by atoms with van der Waals surface area (Å²) in [6, 6.07) is 7.12. The first-order chi connectivity index (χ1) is 11.1. The summed E-state index contributed by atoms with van der Waals surface area (Å²) < 4.78 is 5.59. The number of nitrogens with zero attached hydrogens (tertiary/aromatic N) is 2. The van der Waals surface area contributed by atoms with Crippen LogP contribution in [-0.2, 0) is 11.2 Å². The Hall–Kier alpha value is -2.21. The molecule has 0 atom stereocenters. The molecule has 0 saturated heterocycles. The molecule has 0 bridgehead atoms. The highest BCUT2D eigenvalue weighted by Crippen LogP contribution is 2.31. The number of benzene rings is 1. The van der Waals surface area contributed by atoms with Crippen molar-refractivity contribution in [2.45, 2.75) is 12.8 Å². The van der Waals surface area contributed by atoms with Crippen LogP contribution in [-0.4, -0.2) is 30.5 Å². The van der Waals surface area contributed by atoms with Crippen LogP contribution >= 0.6 is 15.9 Å². The highest BCUT2D eigenvalue weighted by Gasteiger charge is 2.27. The molecule has 0 spiro atoms. The van der Waals surface area contributed by atoms with Gasteiger partial charge in [-0.25, -0.2) is 4.79 Å². The molecule has 118 valence electrons. The summed E-state index contributed by atoms with van der Waals surface area (Å²) in [6.45, 7) is 0.614. The average Bonchev–Trinajstić information content (AvgIpc) is 2.59. The highest BCUT2D eigenvalue weighted by molar-refractivity contribution is 9.10. The number of aromatic nitrogens is 1. The Bertz CT molecular complexity index is 776. The van der Waals surface area contributed by atoms with Crippen molar-refractivity contribution in [3.8, 4) is 0 Å². The lowest BCUT2D eigenvalue weighted by molar-refractivity contribution is 0.0599. The van der Waals surface area contributed by atoms with Crippen molar-refractivity contribution in [3.05, 3.63) is 57.8 Å². The summed E-state index contributed by atoms with van der Waals surface area (Å²) in [5.74, 6) is -0.498. The van der Waals surface area contributed by atoms with E-state index in [0.717, 1.165) is 28.6 Å². The quantitative estimate of drug-likeness (QED) is 0.757. The number of halogens is 1. The summed E-state index contributed by atoms with van der Waals surface area (Å²) in [5, 5.41) is 0. The molecule has 2 heterocycles. The van der Waals surface area contributed by atoms with Crippen LogP contribution in [0.5, 0.6) is 0 Å². The fraction of sp³-hybridized carbons (Fsp3) is 0.235. The van der Waals surface area contributed by atoms with E-state index in [9.17, 15) is 9.59 Å². The van der Waals surface area contributed by atoms with Crippen LogP contribution in [0.3, 0.4) is 0 Å². The number of ether oxygens (including phenoxy) is 1. The number of rotatable bonds is 2. The lowest BCUT2D eigenvalue weighted by atomic mass is 9.95. The summed E-state index contributed by atoms with van der Waals surface area (Å²) >= 11 is 3.33. The molecule has 1 aromatic heterocycles. The molecule has 1 aliphatic rings. The normalized spacial score (nSPS) is 13.4. The van der Waals surface area contributed by atoms with Gasteiger partial charge in [0.15, 0.2) is 0 Å². The summed E-state index contributed by atoms with van der Waals surface area (Å²) in [6.07, 6.45) is 4.73. The molecule has 1 aliphatic heterocycles. The van der Waals surface area contributed by atoms with Crippen LogP contribution in [0.25, 0.3) is 0 Å². The van der Waals surface area contributed by atoms with Crippen molar-refractivity contribution in [2.75, 3.05) is 18.6 Å². The average molecular weight is 375 g/mol. The number of amides is 1. The molecule has 0 unspecified atom stereocenters. The van der Waals surface area contributed by atoms with Gasteiger partial charge in [-0.05, 0) is 52.5 Å². The zero-order valence-corrected chi connectivity index (χ0v) is 14.2. The Kier molecular flexibility index (Phi) is 4.43. The van der Waals surface area contributed by atoms with Gasteiger partial charge in [0.25, 0.3) is 5.91 Å². The molecule has 0 aliphatic carbocycles. The third-order valence-electron chi connectivity index (χ3n) is 3.85. The van der Waals surface area contributed by atoms with Gasteiger partial charge in [-0.3, -0.25) is 9.78 Å². The number of anilines is 1. The lowest BCUT2D eigenvalue weighted by Crippen LogP contribution is -2.36. The maximum absolute atomic E-state index is 12.8. The molecular weight excluding hydrogens is 360 g/mol. The number of esters is 1. The first-order valence-electron chi connectivity index (χ1n) is 7.24. The van der Waals surface area contributed by atoms with Crippen molar-refractivity contribution in [3.63, 3.8) is 0 Å². The molecule has 2 aromatic rings. The molecule has 1 amide bonds. The van der Waals surface area contributed by atoms with E-state index in [1.807, 2.05) is 6.07 Å². The summed E-state index contributed by atoms with van der Waals surface area (Å²) in [7, 11) is 1.36. The predicted molar refractivity (Wildman–Crippen MR) is 89.7 cm³/mol. The van der Waals surface area contributed by atoms with Gasteiger partial charge < -0.3 is 9.64 Å². The molecule has 3 rings (SSSR count). The van der Waals surface area contributed by atoms with Crippen LogP contribution in [0.1, 0.15) is 32.7 Å². The lowest BCUT2D eigenvalue weighted by Gasteiger charge is -2.30. The topological polar surface area (TPSA) is 59.5 Å². The zero-order valence-electron chi connectivity index (χ0n) is 12.6. The number of hydrogen-bond acceptors (Lipinski definition) is 4. The van der Waals surface area contributed by atoms with Gasteiger partial charge in [0, 0.05) is 29.1 Å². The fourth-order valence-corrected chi connectivity index (χ4v) is 3.19. The van der Waals surface area contributed by atoms with Gasteiger partial charge in [0.1, 0.15) is 0 Å². The smallest absolute Gasteiger partial charge is 0.338 e. The fourth-order valence-electron chi connectivity index (χ4n) is 2.82. The van der Waals surface area contributed by atoms with E-state index < -0.39 is 0 Å². The summed E-state index contributed by atoms with van der Waals surface area (Å²) in [4.78, 5) is 30.5. The van der Waals surface area contributed by atoms with E-state index >= 15 is 0 Å². The third-order valence-corrected chi connectivity index (χ3v) is 4.29. The number of methoxy groups -OCH3 is 1. The Morgan fingerprint density at radius 3 is 2.87 bits per heavy atom. The zero-order chi connectivity index (χ0) is 16.4. The molecule has 0 N–H and O–H groups in total. The van der Waals surface area contributed by atoms with Gasteiger partial charge in [-0.15, -0.1) is 0 Å². The van der Waals surface area contributed by atoms with E-state index in [4.69, 9.17) is 4.74 Å². The standard InChI is InChI=1S/C17H15BrN2O3/c1-23-17(22)14-4-2-6-15-13(14)5-3-7-20(15)16(21)11-8-12(18)10-19-9-11/h2,4,6,8-10H,3,5,7H2,1H3. The first-order valence-corrected chi connectivity index (χ1v) is 8.03. The van der Waals surface area contributed by atoms with Crippen LogP contribution < -0.4 is 4.90 Å². The molecule has 1 aromatic carbocycles. The molecule has 0 saturated carbocycles. The predicted octanol–water partition coefficient (Wildman–Crippen LogP) is 3.22. The van der Waals surface area contributed by atoms with E-state index in [-0.39, 0.29) is 11.9 Å². The van der Waals surface area contributed by atoms with Gasteiger partial charge >= 0.3 is 5.97 Å². The first kappa shape index (κ1) is 15.7. The van der Waals surface area contributed by atoms with Crippen molar-refractivity contribution < 1.29 is 14.3 Å². The maximum atomic E-state index is 12.8. The van der Waals surface area contributed by atoms with E-state index in [0.29, 0.717) is 17.7 Å². The van der Waals surface area contributed by atoms with Gasteiger partial charge in [0.05, 0.1) is 18.2 Å². The molecule has 0 fully saturated rings. The minimum absolute atomic E-state index is 0.123. The largest absolute Gasteiger partial charge is 0.465 e. The summed E-state index contributed by atoms with van der Waals surface area (Å²) in [5.41, 5.74) is 2.66. The van der Waals surface area contributed by atoms with Gasteiger partial charge in [-0.1, -0.05) is 6.07 Å². The minimum Gasteiger partial charge on any atom is -0.465 e. The van der Waals surface area contributed by atoms with Crippen LogP contribution in [0.2, 0.25) is 0 Å². The highest BCUT2D eigenvalue weighted by atomic mass is 79.9. The second kappa shape index (κ2) is 6.50. The van der Waals surface area contributed by atoms with Crippen molar-refractivity contribution in [1.29, 1.82) is 0 Å². The Labute approximate surface area is 142 Å². The van der Waals surface area contributed by atoms with E-state index in [2.05, 4.69) is 20.9 Å². The second-order valence-electron chi connectivity index (χ2n) is 5.25. The number of fused-ring (bicyclic) bond motifs is 1. The van der Waals surface area contributed by atoms with E-state index in [1.165, 1.54) is 7.11 Å². The van der Waals surface area contributed by atoms with Crippen molar-refractivity contribution in [2.24, 2.45) is 0 Å². The second-order valence-corrected chi connectivity index (χ2v) is 6.16. The number of hydrogen-bond donors (Lipinski definition) is 0. The van der Waals surface area contributed by atoms with Crippen LogP contribution in [0.4, 0.5) is 5.69 Å². The SMILES string of the molecule is COC(=O)c1cccc2c1CCCN2C(=O)c1cncc(Br)c1. The van der Waals surface area contributed by atoms with Crippen LogP contribution in [0, 0.1) is 0 Å². The monoisotopic (exact) mass is 374 g/mol. The molecule has 5 nitrogen and oxygen atoms in total. The van der Waals surface area contributed by atoms with Gasteiger partial charge in [-0.2, -0.15) is 0 Å². The van der Waals surface area contributed by atoms with E-state index in [1.54, 1.807) is 35.5 Å². The maximum Gasteiger partial charge on any atom is 0.338 e. The number of pyridine rings is 1. The number of carbonyl (C=O) groups excluding carboxylic acids is 2. The van der Waals surface area contributed by atoms with Crippen molar-refractivity contribution >= 4 is 33.5 Å². The Balaban J connectivity index is 2.02. The minimum atomic E-state index is -0.375. The third kappa shape index (κ3) is 2.99. The van der Waals surface area contributed by atoms with Gasteiger partial charge in [0.2, 0.25) is 0 Å². The molecule has 6 heteroatoms. The Morgan fingerprint density at radius 1 is 1.30 bits per heavy atom. The van der Waals surface area contributed by atoms with Crippen molar-refractivity contribution in [1.82, 2.24) is 4.98 Å². The number of carbonyl (C=O) groups is 2. The molecular formula is C17H15BrN2O3. The van der Waals surface area contributed by atoms with Crippen LogP contribution in [0.15, 0.2) is 41.1 Å². The molecule has 0 radical (unpaired) electrons. The Morgan fingerprint density at radius 2 is 2.13 bits per heavy atom. The molecule has 23 heavy (non-hydrogen) atoms.